The Morgan fingerprint density at radius 1 is 1.33 bits per heavy atom. The first-order chi connectivity index (χ1) is 9.87. The van der Waals surface area contributed by atoms with Crippen molar-refractivity contribution < 1.29 is 14.3 Å². The van der Waals surface area contributed by atoms with E-state index in [4.69, 9.17) is 16.3 Å². The third kappa shape index (κ3) is 2.58. The van der Waals surface area contributed by atoms with E-state index in [2.05, 4.69) is 5.32 Å². The quantitative estimate of drug-likeness (QED) is 0.853. The van der Waals surface area contributed by atoms with Crippen LogP contribution in [0.3, 0.4) is 0 Å². The number of hydrogen-bond acceptors (Lipinski definition) is 4. The van der Waals surface area contributed by atoms with Crippen molar-refractivity contribution >= 4 is 29.1 Å². The molecule has 1 fully saturated rings. The van der Waals surface area contributed by atoms with Gasteiger partial charge in [-0.1, -0.05) is 11.6 Å². The maximum atomic E-state index is 11.8. The highest BCUT2D eigenvalue weighted by Crippen LogP contribution is 2.38. The Morgan fingerprint density at radius 3 is 2.67 bits per heavy atom. The number of hydrogen-bond donors (Lipinski definition) is 1. The highest BCUT2D eigenvalue weighted by atomic mass is 35.5. The first kappa shape index (κ1) is 14.2. The van der Waals surface area contributed by atoms with Gasteiger partial charge in [-0.2, -0.15) is 0 Å². The third-order valence-electron chi connectivity index (χ3n) is 4.00. The van der Waals surface area contributed by atoms with Crippen LogP contribution in [0.15, 0.2) is 18.2 Å². The molecule has 0 aliphatic carbocycles. The van der Waals surface area contributed by atoms with Gasteiger partial charge in [0.05, 0.1) is 18.3 Å². The number of ether oxygens (including phenoxy) is 1. The predicted molar refractivity (Wildman–Crippen MR) is 79.5 cm³/mol. The molecule has 2 amide bonds. The molecule has 0 aromatic heterocycles. The van der Waals surface area contributed by atoms with Crippen molar-refractivity contribution in [3.63, 3.8) is 0 Å². The summed E-state index contributed by atoms with van der Waals surface area (Å²) >= 11 is 6.00. The van der Waals surface area contributed by atoms with Crippen molar-refractivity contribution in [3.8, 4) is 5.75 Å². The summed E-state index contributed by atoms with van der Waals surface area (Å²) in [5, 5.41) is 3.95. The highest BCUT2D eigenvalue weighted by Gasteiger charge is 2.41. The largest absolute Gasteiger partial charge is 0.483 e. The zero-order chi connectivity index (χ0) is 15.2. The number of benzene rings is 1. The summed E-state index contributed by atoms with van der Waals surface area (Å²) in [4.78, 5) is 24.9. The number of imide groups is 1. The Labute approximate surface area is 128 Å². The third-order valence-corrected chi connectivity index (χ3v) is 4.24. The molecule has 1 aromatic carbocycles. The topological polar surface area (TPSA) is 58.6 Å². The maximum absolute atomic E-state index is 11.8. The van der Waals surface area contributed by atoms with Crippen molar-refractivity contribution in [1.82, 2.24) is 4.90 Å². The Kier molecular flexibility index (Phi) is 3.32. The summed E-state index contributed by atoms with van der Waals surface area (Å²) in [6.45, 7) is 4.18. The van der Waals surface area contributed by atoms with Crippen LogP contribution >= 0.6 is 11.6 Å². The molecular formula is C15H17ClN2O3. The standard InChI is InChI=1S/C15H17ClN2O3/c1-15(2)12(8-18-13(19)5-6-14(18)20)17-10-7-9(16)3-4-11(10)21-15/h3-4,7,12,17H,5-6,8H2,1-2H3. The Hall–Kier alpha value is -1.75. The molecule has 2 aliphatic rings. The van der Waals surface area contributed by atoms with Crippen LogP contribution in [-0.2, 0) is 9.59 Å². The fraction of sp³-hybridized carbons (Fsp3) is 0.467. The Balaban J connectivity index is 1.85. The molecule has 5 nitrogen and oxygen atoms in total. The number of rotatable bonds is 2. The summed E-state index contributed by atoms with van der Waals surface area (Å²) in [5.74, 6) is 0.490. The van der Waals surface area contributed by atoms with Gasteiger partial charge in [-0.3, -0.25) is 14.5 Å². The molecule has 2 aliphatic heterocycles. The van der Waals surface area contributed by atoms with Crippen LogP contribution < -0.4 is 10.1 Å². The van der Waals surface area contributed by atoms with Crippen LogP contribution in [-0.4, -0.2) is 34.9 Å². The van der Waals surface area contributed by atoms with E-state index in [1.165, 1.54) is 4.90 Å². The molecule has 0 radical (unpaired) electrons. The first-order valence-electron chi connectivity index (χ1n) is 6.95. The highest BCUT2D eigenvalue weighted by molar-refractivity contribution is 6.30. The van der Waals surface area contributed by atoms with Gasteiger partial charge in [0.2, 0.25) is 11.8 Å². The molecular weight excluding hydrogens is 292 g/mol. The monoisotopic (exact) mass is 308 g/mol. The van der Waals surface area contributed by atoms with E-state index in [1.54, 1.807) is 12.1 Å². The number of likely N-dealkylation sites (tertiary alicyclic amines) is 1. The fourth-order valence-corrected chi connectivity index (χ4v) is 2.87. The van der Waals surface area contributed by atoms with Gasteiger partial charge in [0.1, 0.15) is 11.4 Å². The number of carbonyl (C=O) groups excluding carboxylic acids is 2. The number of nitrogens with zero attached hydrogens (tertiary/aromatic N) is 1. The number of amides is 2. The minimum atomic E-state index is -0.538. The van der Waals surface area contributed by atoms with Crippen molar-refractivity contribution in [1.29, 1.82) is 0 Å². The Morgan fingerprint density at radius 2 is 2.00 bits per heavy atom. The van der Waals surface area contributed by atoms with Gasteiger partial charge in [0.25, 0.3) is 0 Å². The Bertz CT molecular complexity index is 599. The van der Waals surface area contributed by atoms with Crippen LogP contribution in [0.2, 0.25) is 5.02 Å². The smallest absolute Gasteiger partial charge is 0.229 e. The van der Waals surface area contributed by atoms with Gasteiger partial charge >= 0.3 is 0 Å². The lowest BCUT2D eigenvalue weighted by atomic mass is 9.95. The lowest BCUT2D eigenvalue weighted by Crippen LogP contribution is -2.55. The fourth-order valence-electron chi connectivity index (χ4n) is 2.69. The minimum absolute atomic E-state index is 0.116. The molecule has 3 rings (SSSR count). The minimum Gasteiger partial charge on any atom is -0.483 e. The van der Waals surface area contributed by atoms with E-state index in [9.17, 15) is 9.59 Å². The molecule has 6 heteroatoms. The van der Waals surface area contributed by atoms with Crippen LogP contribution in [0.4, 0.5) is 5.69 Å². The van der Waals surface area contributed by atoms with E-state index < -0.39 is 5.60 Å². The molecule has 1 atom stereocenters. The second kappa shape index (κ2) is 4.91. The summed E-state index contributed by atoms with van der Waals surface area (Å²) in [6.07, 6.45) is 0.602. The number of anilines is 1. The second-order valence-electron chi connectivity index (χ2n) is 5.94. The van der Waals surface area contributed by atoms with Gasteiger partial charge in [-0.25, -0.2) is 0 Å². The number of nitrogens with one attached hydrogen (secondary N) is 1. The van der Waals surface area contributed by atoms with Crippen LogP contribution in [0.25, 0.3) is 0 Å². The summed E-state index contributed by atoms with van der Waals surface area (Å²) in [5.41, 5.74) is 0.246. The van der Waals surface area contributed by atoms with Crippen molar-refractivity contribution in [2.45, 2.75) is 38.3 Å². The average Bonchev–Trinajstić information content (AvgIpc) is 2.71. The van der Waals surface area contributed by atoms with Gasteiger partial charge in [-0.15, -0.1) is 0 Å². The first-order valence-corrected chi connectivity index (χ1v) is 7.33. The second-order valence-corrected chi connectivity index (χ2v) is 6.38. The average molecular weight is 309 g/mol. The summed E-state index contributed by atoms with van der Waals surface area (Å²) < 4.78 is 6.00. The zero-order valence-electron chi connectivity index (χ0n) is 12.0. The molecule has 112 valence electrons. The lowest BCUT2D eigenvalue weighted by Gasteiger charge is -2.42. The number of carbonyl (C=O) groups is 2. The van der Waals surface area contributed by atoms with Gasteiger partial charge < -0.3 is 10.1 Å². The molecule has 1 aromatic rings. The normalized spacial score (nSPS) is 23.6. The van der Waals surface area contributed by atoms with Crippen LogP contribution in [0.1, 0.15) is 26.7 Å². The van der Waals surface area contributed by atoms with Gasteiger partial charge in [0.15, 0.2) is 0 Å². The van der Waals surface area contributed by atoms with Crippen LogP contribution in [0.5, 0.6) is 5.75 Å². The lowest BCUT2D eigenvalue weighted by molar-refractivity contribution is -0.139. The van der Waals surface area contributed by atoms with Crippen molar-refractivity contribution in [2.75, 3.05) is 11.9 Å². The van der Waals surface area contributed by atoms with E-state index in [0.717, 1.165) is 11.4 Å². The van der Waals surface area contributed by atoms with Crippen LogP contribution in [0, 0.1) is 0 Å². The van der Waals surface area contributed by atoms with Crippen molar-refractivity contribution in [2.24, 2.45) is 0 Å². The molecule has 2 heterocycles. The predicted octanol–water partition coefficient (Wildman–Crippen LogP) is 2.44. The van der Waals surface area contributed by atoms with Gasteiger partial charge in [-0.05, 0) is 32.0 Å². The SMILES string of the molecule is CC1(C)Oc2ccc(Cl)cc2NC1CN1C(=O)CCC1=O. The number of halogens is 1. The maximum Gasteiger partial charge on any atom is 0.229 e. The molecule has 21 heavy (non-hydrogen) atoms. The summed E-state index contributed by atoms with van der Waals surface area (Å²) in [6, 6.07) is 5.18. The molecule has 0 spiro atoms. The van der Waals surface area contributed by atoms with E-state index in [-0.39, 0.29) is 17.9 Å². The van der Waals surface area contributed by atoms with Crippen molar-refractivity contribution in [3.05, 3.63) is 23.2 Å². The van der Waals surface area contributed by atoms with Gasteiger partial charge in [0, 0.05) is 17.9 Å². The molecule has 1 unspecified atom stereocenters. The van der Waals surface area contributed by atoms with E-state index in [0.29, 0.717) is 24.4 Å². The molecule has 1 saturated heterocycles. The molecule has 1 N–H and O–H groups in total. The molecule has 0 saturated carbocycles. The molecule has 0 bridgehead atoms. The van der Waals surface area contributed by atoms with E-state index >= 15 is 0 Å². The zero-order valence-corrected chi connectivity index (χ0v) is 12.7. The summed E-state index contributed by atoms with van der Waals surface area (Å²) in [7, 11) is 0. The number of fused-ring (bicyclic) bond motifs is 1. The van der Waals surface area contributed by atoms with E-state index in [1.807, 2.05) is 19.9 Å².